The topological polar surface area (TPSA) is 79.3 Å². The van der Waals surface area contributed by atoms with Gasteiger partial charge in [0.1, 0.15) is 10.8 Å². The molecule has 0 aliphatic rings. The summed E-state index contributed by atoms with van der Waals surface area (Å²) in [6.07, 6.45) is 1.53. The first-order valence-corrected chi connectivity index (χ1v) is 7.40. The molecule has 2 N–H and O–H groups in total. The molecule has 0 radical (unpaired) electrons. The molecule has 5 nitrogen and oxygen atoms in total. The third-order valence-electron chi connectivity index (χ3n) is 3.42. The summed E-state index contributed by atoms with van der Waals surface area (Å²) >= 11 is 5.74. The van der Waals surface area contributed by atoms with Gasteiger partial charge >= 0.3 is 5.97 Å². The van der Waals surface area contributed by atoms with Gasteiger partial charge in [0.25, 0.3) is 5.91 Å². The van der Waals surface area contributed by atoms with Gasteiger partial charge in [-0.05, 0) is 36.8 Å². The lowest BCUT2D eigenvalue weighted by Gasteiger charge is -2.20. The molecule has 1 amide bonds. The van der Waals surface area contributed by atoms with Gasteiger partial charge in [-0.2, -0.15) is 0 Å². The Hall–Kier alpha value is -1.62. The van der Waals surface area contributed by atoms with Crippen LogP contribution in [-0.4, -0.2) is 28.5 Å². The minimum atomic E-state index is -0.784. The predicted molar refractivity (Wildman–Crippen MR) is 81.4 cm³/mol. The van der Waals surface area contributed by atoms with E-state index >= 15 is 0 Å². The Balaban J connectivity index is 2.43. The molecular formula is C15H21ClN2O3. The fourth-order valence-electron chi connectivity index (χ4n) is 2.12. The van der Waals surface area contributed by atoms with Crippen LogP contribution in [0.3, 0.4) is 0 Å². The van der Waals surface area contributed by atoms with Crippen molar-refractivity contribution in [2.45, 2.75) is 33.1 Å². The van der Waals surface area contributed by atoms with Gasteiger partial charge < -0.3 is 10.4 Å². The molecule has 1 rings (SSSR count). The van der Waals surface area contributed by atoms with Crippen LogP contribution < -0.4 is 5.32 Å². The SMILES string of the molecule is CC(C)C(CCNC(=O)c1cccc(Cl)n1)CCC(=O)O. The molecule has 0 spiro atoms. The Labute approximate surface area is 129 Å². The van der Waals surface area contributed by atoms with E-state index in [1.807, 2.05) is 0 Å². The zero-order chi connectivity index (χ0) is 15.8. The number of aliphatic carboxylic acids is 1. The minimum Gasteiger partial charge on any atom is -0.481 e. The zero-order valence-electron chi connectivity index (χ0n) is 12.3. The van der Waals surface area contributed by atoms with Crippen molar-refractivity contribution < 1.29 is 14.7 Å². The van der Waals surface area contributed by atoms with E-state index in [1.54, 1.807) is 18.2 Å². The quantitative estimate of drug-likeness (QED) is 0.723. The van der Waals surface area contributed by atoms with Gasteiger partial charge in [0.15, 0.2) is 0 Å². The molecule has 0 aliphatic carbocycles. The van der Waals surface area contributed by atoms with E-state index in [-0.39, 0.29) is 29.1 Å². The number of nitrogens with one attached hydrogen (secondary N) is 1. The van der Waals surface area contributed by atoms with Crippen LogP contribution in [0.2, 0.25) is 5.15 Å². The first kappa shape index (κ1) is 17.4. The molecule has 0 aliphatic heterocycles. The van der Waals surface area contributed by atoms with Crippen molar-refractivity contribution in [3.8, 4) is 0 Å². The number of carboxylic acids is 1. The summed E-state index contributed by atoms with van der Waals surface area (Å²) in [5, 5.41) is 11.8. The van der Waals surface area contributed by atoms with Crippen LogP contribution in [0.15, 0.2) is 18.2 Å². The summed E-state index contributed by atoms with van der Waals surface area (Å²) in [4.78, 5) is 26.5. The maximum atomic E-state index is 11.9. The first-order valence-electron chi connectivity index (χ1n) is 7.02. The van der Waals surface area contributed by atoms with Crippen molar-refractivity contribution >= 4 is 23.5 Å². The van der Waals surface area contributed by atoms with E-state index in [0.717, 1.165) is 6.42 Å². The van der Waals surface area contributed by atoms with E-state index in [4.69, 9.17) is 16.7 Å². The Kier molecular flexibility index (Phi) is 7.15. The van der Waals surface area contributed by atoms with Crippen LogP contribution >= 0.6 is 11.6 Å². The summed E-state index contributed by atoms with van der Waals surface area (Å²) in [7, 11) is 0. The number of hydrogen-bond acceptors (Lipinski definition) is 3. The molecule has 21 heavy (non-hydrogen) atoms. The number of carbonyl (C=O) groups is 2. The number of carbonyl (C=O) groups excluding carboxylic acids is 1. The Morgan fingerprint density at radius 2 is 2.05 bits per heavy atom. The van der Waals surface area contributed by atoms with Crippen LogP contribution in [0.25, 0.3) is 0 Å². The molecule has 1 aromatic rings. The Morgan fingerprint density at radius 3 is 2.62 bits per heavy atom. The number of amides is 1. The molecule has 0 bridgehead atoms. The standard InChI is InChI=1S/C15H21ClN2O3/c1-10(2)11(6-7-14(19)20)8-9-17-15(21)12-4-3-5-13(16)18-12/h3-5,10-11H,6-9H2,1-2H3,(H,17,21)(H,19,20). The molecule has 116 valence electrons. The van der Waals surface area contributed by atoms with Gasteiger partial charge in [0.2, 0.25) is 0 Å². The smallest absolute Gasteiger partial charge is 0.303 e. The average molecular weight is 313 g/mol. The second-order valence-electron chi connectivity index (χ2n) is 5.33. The maximum Gasteiger partial charge on any atom is 0.303 e. The number of hydrogen-bond donors (Lipinski definition) is 2. The van der Waals surface area contributed by atoms with Crippen molar-refractivity contribution in [2.24, 2.45) is 11.8 Å². The third-order valence-corrected chi connectivity index (χ3v) is 3.63. The number of aromatic nitrogens is 1. The summed E-state index contributed by atoms with van der Waals surface area (Å²) in [6.45, 7) is 4.62. The Bertz CT molecular complexity index is 492. The minimum absolute atomic E-state index is 0.159. The molecule has 1 atom stereocenters. The molecule has 0 fully saturated rings. The summed E-state index contributed by atoms with van der Waals surface area (Å²) in [5.41, 5.74) is 0.286. The highest BCUT2D eigenvalue weighted by Crippen LogP contribution is 2.20. The fraction of sp³-hybridized carbons (Fsp3) is 0.533. The largest absolute Gasteiger partial charge is 0.481 e. The van der Waals surface area contributed by atoms with E-state index in [2.05, 4.69) is 24.1 Å². The van der Waals surface area contributed by atoms with Gasteiger partial charge in [0, 0.05) is 13.0 Å². The third kappa shape index (κ3) is 6.58. The highest BCUT2D eigenvalue weighted by atomic mass is 35.5. The number of carboxylic acid groups (broad SMARTS) is 1. The second-order valence-corrected chi connectivity index (χ2v) is 5.71. The van der Waals surface area contributed by atoms with Crippen LogP contribution in [0.1, 0.15) is 43.6 Å². The molecule has 6 heteroatoms. The van der Waals surface area contributed by atoms with E-state index in [1.165, 1.54) is 0 Å². The first-order chi connectivity index (χ1) is 9.90. The Morgan fingerprint density at radius 1 is 1.33 bits per heavy atom. The van der Waals surface area contributed by atoms with Crippen LogP contribution in [0.4, 0.5) is 0 Å². The summed E-state index contributed by atoms with van der Waals surface area (Å²) < 4.78 is 0. The molecule has 1 heterocycles. The van der Waals surface area contributed by atoms with Gasteiger partial charge in [-0.15, -0.1) is 0 Å². The molecule has 1 unspecified atom stereocenters. The molecule has 1 aromatic heterocycles. The van der Waals surface area contributed by atoms with Crippen LogP contribution in [0, 0.1) is 11.8 Å². The number of rotatable bonds is 8. The number of nitrogens with zero attached hydrogens (tertiary/aromatic N) is 1. The molecular weight excluding hydrogens is 292 g/mol. The number of halogens is 1. The zero-order valence-corrected chi connectivity index (χ0v) is 13.1. The van der Waals surface area contributed by atoms with E-state index < -0.39 is 5.97 Å². The average Bonchev–Trinajstić information content (AvgIpc) is 2.41. The van der Waals surface area contributed by atoms with E-state index in [9.17, 15) is 9.59 Å². The molecule has 0 aromatic carbocycles. The molecule has 0 saturated carbocycles. The highest BCUT2D eigenvalue weighted by Gasteiger charge is 2.15. The van der Waals surface area contributed by atoms with Crippen molar-refractivity contribution in [3.05, 3.63) is 29.0 Å². The normalized spacial score (nSPS) is 12.2. The fourth-order valence-corrected chi connectivity index (χ4v) is 2.28. The van der Waals surface area contributed by atoms with Crippen molar-refractivity contribution in [2.75, 3.05) is 6.54 Å². The maximum absolute atomic E-state index is 11.9. The number of pyridine rings is 1. The van der Waals surface area contributed by atoms with Crippen LogP contribution in [-0.2, 0) is 4.79 Å². The lowest BCUT2D eigenvalue weighted by molar-refractivity contribution is -0.137. The monoisotopic (exact) mass is 312 g/mol. The van der Waals surface area contributed by atoms with Gasteiger partial charge in [0.05, 0.1) is 0 Å². The predicted octanol–water partition coefficient (Wildman–Crippen LogP) is 2.99. The van der Waals surface area contributed by atoms with E-state index in [0.29, 0.717) is 18.9 Å². The lowest BCUT2D eigenvalue weighted by Crippen LogP contribution is -2.27. The van der Waals surface area contributed by atoms with Gasteiger partial charge in [-0.3, -0.25) is 9.59 Å². The summed E-state index contributed by atoms with van der Waals surface area (Å²) in [6, 6.07) is 4.89. The highest BCUT2D eigenvalue weighted by molar-refractivity contribution is 6.29. The van der Waals surface area contributed by atoms with Crippen molar-refractivity contribution in [1.29, 1.82) is 0 Å². The molecule has 0 saturated heterocycles. The summed E-state index contributed by atoms with van der Waals surface area (Å²) in [5.74, 6) is -0.398. The lowest BCUT2D eigenvalue weighted by atomic mass is 9.88. The van der Waals surface area contributed by atoms with Crippen molar-refractivity contribution in [1.82, 2.24) is 10.3 Å². The second kappa shape index (κ2) is 8.62. The van der Waals surface area contributed by atoms with Crippen LogP contribution in [0.5, 0.6) is 0 Å². The van der Waals surface area contributed by atoms with Crippen molar-refractivity contribution in [3.63, 3.8) is 0 Å². The van der Waals surface area contributed by atoms with Gasteiger partial charge in [-0.1, -0.05) is 31.5 Å². The van der Waals surface area contributed by atoms with Gasteiger partial charge in [-0.25, -0.2) is 4.98 Å².